The van der Waals surface area contributed by atoms with E-state index >= 15 is 0 Å². The lowest BCUT2D eigenvalue weighted by atomic mass is 10.2. The fraction of sp³-hybridized carbons (Fsp3) is 0.636. The maximum atomic E-state index is 12.1. The van der Waals surface area contributed by atoms with Crippen LogP contribution in [0.3, 0.4) is 0 Å². The van der Waals surface area contributed by atoms with Crippen LogP contribution >= 0.6 is 0 Å². The fourth-order valence-corrected chi connectivity index (χ4v) is 3.42. The van der Waals surface area contributed by atoms with Gasteiger partial charge in [0.05, 0.1) is 6.54 Å². The molecule has 0 spiro atoms. The summed E-state index contributed by atoms with van der Waals surface area (Å²) in [7, 11) is -3.49. The maximum absolute atomic E-state index is 12.1. The highest BCUT2D eigenvalue weighted by Gasteiger charge is 2.48. The number of furan rings is 1. The Kier molecular flexibility index (Phi) is 2.84. The Morgan fingerprint density at radius 2 is 2.18 bits per heavy atom. The lowest BCUT2D eigenvalue weighted by Crippen LogP contribution is -2.28. The van der Waals surface area contributed by atoms with Gasteiger partial charge in [-0.15, -0.1) is 0 Å². The molecule has 1 heterocycles. The predicted octanol–water partition coefficient (Wildman–Crippen LogP) is 1.12. The van der Waals surface area contributed by atoms with E-state index in [1.54, 1.807) is 6.92 Å². The standard InChI is InChI=1S/C11H18N2O3S/c1-7-9(4-8(6-12)16-7)17(14,15)13-10-5-11(10,2)3/h4,10,13H,5-6,12H2,1-3H3. The van der Waals surface area contributed by atoms with Gasteiger partial charge in [-0.25, -0.2) is 13.1 Å². The van der Waals surface area contributed by atoms with E-state index in [2.05, 4.69) is 4.72 Å². The minimum absolute atomic E-state index is 0.0168. The van der Waals surface area contributed by atoms with Gasteiger partial charge in [-0.05, 0) is 18.8 Å². The summed E-state index contributed by atoms with van der Waals surface area (Å²) in [6, 6.07) is 1.51. The maximum Gasteiger partial charge on any atom is 0.244 e. The summed E-state index contributed by atoms with van der Waals surface area (Å²) in [5.74, 6) is 0.870. The minimum atomic E-state index is -3.49. The molecule has 1 aliphatic rings. The Balaban J connectivity index is 2.23. The third-order valence-corrected chi connectivity index (χ3v) is 4.80. The van der Waals surface area contributed by atoms with Gasteiger partial charge in [0.1, 0.15) is 16.4 Å². The van der Waals surface area contributed by atoms with Gasteiger partial charge >= 0.3 is 0 Å². The van der Waals surface area contributed by atoms with Crippen LogP contribution in [0, 0.1) is 12.3 Å². The highest BCUT2D eigenvalue weighted by Crippen LogP contribution is 2.45. The van der Waals surface area contributed by atoms with Gasteiger partial charge in [0.2, 0.25) is 10.0 Å². The van der Waals surface area contributed by atoms with Gasteiger partial charge in [0.15, 0.2) is 0 Å². The Morgan fingerprint density at radius 3 is 2.59 bits per heavy atom. The molecule has 96 valence electrons. The number of sulfonamides is 1. The van der Waals surface area contributed by atoms with Crippen LogP contribution in [0.2, 0.25) is 0 Å². The van der Waals surface area contributed by atoms with E-state index < -0.39 is 10.0 Å². The van der Waals surface area contributed by atoms with Gasteiger partial charge in [-0.1, -0.05) is 13.8 Å². The first-order valence-electron chi connectivity index (χ1n) is 5.58. The summed E-state index contributed by atoms with van der Waals surface area (Å²) in [5, 5.41) is 0. The van der Waals surface area contributed by atoms with Crippen molar-refractivity contribution in [2.24, 2.45) is 11.1 Å². The van der Waals surface area contributed by atoms with Crippen molar-refractivity contribution in [2.45, 2.75) is 44.7 Å². The van der Waals surface area contributed by atoms with Crippen LogP contribution in [0.25, 0.3) is 0 Å². The monoisotopic (exact) mass is 258 g/mol. The van der Waals surface area contributed by atoms with Crippen molar-refractivity contribution in [3.63, 3.8) is 0 Å². The number of hydrogen-bond donors (Lipinski definition) is 2. The zero-order valence-electron chi connectivity index (χ0n) is 10.3. The number of nitrogens with one attached hydrogen (secondary N) is 1. The van der Waals surface area contributed by atoms with Crippen LogP contribution in [-0.4, -0.2) is 14.5 Å². The highest BCUT2D eigenvalue weighted by molar-refractivity contribution is 7.89. The summed E-state index contributed by atoms with van der Waals surface area (Å²) in [6.45, 7) is 5.90. The van der Waals surface area contributed by atoms with Gasteiger partial charge in [-0.3, -0.25) is 0 Å². The summed E-state index contributed by atoms with van der Waals surface area (Å²) in [6.07, 6.45) is 0.868. The van der Waals surface area contributed by atoms with Crippen LogP contribution in [0.1, 0.15) is 31.8 Å². The predicted molar refractivity (Wildman–Crippen MR) is 63.8 cm³/mol. The van der Waals surface area contributed by atoms with Crippen molar-refractivity contribution < 1.29 is 12.8 Å². The molecule has 0 aliphatic heterocycles. The van der Waals surface area contributed by atoms with E-state index in [4.69, 9.17) is 10.2 Å². The van der Waals surface area contributed by atoms with Gasteiger partial charge in [0, 0.05) is 12.1 Å². The number of rotatable bonds is 4. The molecule has 6 heteroatoms. The van der Waals surface area contributed by atoms with Crippen molar-refractivity contribution in [3.8, 4) is 0 Å². The number of hydrogen-bond acceptors (Lipinski definition) is 4. The minimum Gasteiger partial charge on any atom is -0.464 e. The van der Waals surface area contributed by atoms with Gasteiger partial charge in [-0.2, -0.15) is 0 Å². The summed E-state index contributed by atoms with van der Waals surface area (Å²) in [5.41, 5.74) is 5.48. The van der Waals surface area contributed by atoms with Crippen molar-refractivity contribution >= 4 is 10.0 Å². The van der Waals surface area contributed by atoms with Crippen molar-refractivity contribution in [2.75, 3.05) is 0 Å². The normalized spacial score (nSPS) is 22.7. The molecule has 1 aromatic rings. The second kappa shape index (κ2) is 3.83. The Bertz CT molecular complexity index is 531. The molecule has 1 aliphatic carbocycles. The average Bonchev–Trinajstić information content (AvgIpc) is 2.62. The number of nitrogens with two attached hydrogens (primary N) is 1. The molecular weight excluding hydrogens is 240 g/mol. The third kappa shape index (κ3) is 2.38. The molecule has 1 atom stereocenters. The van der Waals surface area contributed by atoms with E-state index in [-0.39, 0.29) is 22.9 Å². The molecule has 3 N–H and O–H groups in total. The Morgan fingerprint density at radius 1 is 1.59 bits per heavy atom. The zero-order chi connectivity index (χ0) is 12.8. The first-order chi connectivity index (χ1) is 7.76. The molecule has 5 nitrogen and oxygen atoms in total. The first kappa shape index (κ1) is 12.6. The Labute approximate surface area is 101 Å². The summed E-state index contributed by atoms with van der Waals surface area (Å²) < 4.78 is 32.2. The van der Waals surface area contributed by atoms with Crippen molar-refractivity contribution in [1.82, 2.24) is 4.72 Å². The average molecular weight is 258 g/mol. The van der Waals surface area contributed by atoms with E-state index in [1.807, 2.05) is 13.8 Å². The van der Waals surface area contributed by atoms with Crippen molar-refractivity contribution in [3.05, 3.63) is 17.6 Å². The fourth-order valence-electron chi connectivity index (χ4n) is 1.81. The molecular formula is C11H18N2O3S. The molecule has 0 radical (unpaired) electrons. The van der Waals surface area contributed by atoms with E-state index in [9.17, 15) is 8.42 Å². The molecule has 1 unspecified atom stereocenters. The summed E-state index contributed by atoms with van der Waals surface area (Å²) in [4.78, 5) is 0.195. The molecule has 1 aromatic heterocycles. The zero-order valence-corrected chi connectivity index (χ0v) is 11.1. The molecule has 17 heavy (non-hydrogen) atoms. The molecule has 0 bridgehead atoms. The third-order valence-electron chi connectivity index (χ3n) is 3.22. The molecule has 0 aromatic carbocycles. The highest BCUT2D eigenvalue weighted by atomic mass is 32.2. The Hall–Kier alpha value is -0.850. The first-order valence-corrected chi connectivity index (χ1v) is 7.06. The van der Waals surface area contributed by atoms with Gasteiger partial charge < -0.3 is 10.2 Å². The lowest BCUT2D eigenvalue weighted by molar-refractivity contribution is 0.478. The molecule has 1 saturated carbocycles. The van der Waals surface area contributed by atoms with E-state index in [1.165, 1.54) is 6.07 Å². The molecule has 0 saturated heterocycles. The van der Waals surface area contributed by atoms with E-state index in [0.717, 1.165) is 6.42 Å². The SMILES string of the molecule is Cc1oc(CN)cc1S(=O)(=O)NC1CC1(C)C. The van der Waals surface area contributed by atoms with Gasteiger partial charge in [0.25, 0.3) is 0 Å². The topological polar surface area (TPSA) is 85.3 Å². The largest absolute Gasteiger partial charge is 0.464 e. The quantitative estimate of drug-likeness (QED) is 0.847. The van der Waals surface area contributed by atoms with Crippen LogP contribution in [0.4, 0.5) is 0 Å². The molecule has 2 rings (SSSR count). The van der Waals surface area contributed by atoms with Crippen LogP contribution in [0.5, 0.6) is 0 Å². The molecule has 1 fully saturated rings. The summed E-state index contributed by atoms with van der Waals surface area (Å²) >= 11 is 0. The lowest BCUT2D eigenvalue weighted by Gasteiger charge is -2.06. The smallest absolute Gasteiger partial charge is 0.244 e. The van der Waals surface area contributed by atoms with E-state index in [0.29, 0.717) is 11.5 Å². The second-order valence-corrected chi connectivity index (χ2v) is 6.89. The number of aryl methyl sites for hydroxylation is 1. The van der Waals surface area contributed by atoms with Crippen LogP contribution in [0.15, 0.2) is 15.4 Å². The van der Waals surface area contributed by atoms with Crippen molar-refractivity contribution in [1.29, 1.82) is 0 Å². The van der Waals surface area contributed by atoms with Crippen LogP contribution in [-0.2, 0) is 16.6 Å². The van der Waals surface area contributed by atoms with Crippen LogP contribution < -0.4 is 10.5 Å². The second-order valence-electron chi connectivity index (χ2n) is 5.20. The molecule has 0 amide bonds.